The average Bonchev–Trinajstić information content (AvgIpc) is 2.95. The number of allylic oxidation sites excluding steroid dienone is 1. The van der Waals surface area contributed by atoms with Crippen LogP contribution in [-0.4, -0.2) is 13.2 Å². The molecule has 0 bridgehead atoms. The van der Waals surface area contributed by atoms with Crippen molar-refractivity contribution >= 4 is 0 Å². The highest BCUT2D eigenvalue weighted by atomic mass is 16.5. The quantitative estimate of drug-likeness (QED) is 0.602. The van der Waals surface area contributed by atoms with Crippen LogP contribution in [-0.2, 0) is 6.54 Å². The molecule has 0 spiro atoms. The predicted octanol–water partition coefficient (Wildman–Crippen LogP) is 3.18. The molecule has 0 radical (unpaired) electrons. The molecule has 1 aromatic carbocycles. The monoisotopic (exact) mass is 256 g/mol. The average molecular weight is 256 g/mol. The summed E-state index contributed by atoms with van der Waals surface area (Å²) in [4.78, 5) is 0. The Morgan fingerprint density at radius 1 is 1.32 bits per heavy atom. The van der Waals surface area contributed by atoms with Gasteiger partial charge in [0.25, 0.3) is 0 Å². The topological polar surface area (TPSA) is 45.0 Å². The first kappa shape index (κ1) is 13.6. The van der Waals surface area contributed by atoms with E-state index in [4.69, 9.17) is 10.00 Å². The van der Waals surface area contributed by atoms with E-state index in [9.17, 15) is 0 Å². The van der Waals surface area contributed by atoms with Crippen molar-refractivity contribution in [2.75, 3.05) is 13.2 Å². The van der Waals surface area contributed by atoms with Crippen LogP contribution in [0.1, 0.15) is 31.2 Å². The van der Waals surface area contributed by atoms with Crippen LogP contribution >= 0.6 is 0 Å². The van der Waals surface area contributed by atoms with Crippen molar-refractivity contribution in [1.82, 2.24) is 5.32 Å². The third kappa shape index (κ3) is 4.42. The maximum Gasteiger partial charge on any atom is 0.174 e. The molecule has 3 nitrogen and oxygen atoms in total. The van der Waals surface area contributed by atoms with Crippen molar-refractivity contribution < 1.29 is 4.74 Å². The van der Waals surface area contributed by atoms with E-state index in [0.29, 0.717) is 0 Å². The SMILES string of the molecule is N#CCOc1ccccc1CNCCC1=CCCC1. The Hall–Kier alpha value is -1.79. The van der Waals surface area contributed by atoms with Gasteiger partial charge in [-0.05, 0) is 38.3 Å². The van der Waals surface area contributed by atoms with Gasteiger partial charge in [-0.25, -0.2) is 0 Å². The molecule has 0 aromatic heterocycles. The summed E-state index contributed by atoms with van der Waals surface area (Å²) in [5.74, 6) is 0.802. The lowest BCUT2D eigenvalue weighted by Gasteiger charge is -2.10. The van der Waals surface area contributed by atoms with E-state index in [1.807, 2.05) is 30.3 Å². The molecule has 1 N–H and O–H groups in total. The molecule has 100 valence electrons. The Morgan fingerprint density at radius 2 is 2.21 bits per heavy atom. The Bertz CT molecular complexity index is 474. The largest absolute Gasteiger partial charge is 0.478 e. The minimum absolute atomic E-state index is 0.101. The summed E-state index contributed by atoms with van der Waals surface area (Å²) in [6.07, 6.45) is 7.34. The number of para-hydroxylation sites is 1. The molecule has 2 rings (SSSR count). The zero-order valence-electron chi connectivity index (χ0n) is 11.2. The number of hydrogen-bond donors (Lipinski definition) is 1. The summed E-state index contributed by atoms with van der Waals surface area (Å²) >= 11 is 0. The molecule has 0 fully saturated rings. The standard InChI is InChI=1S/C16H20N2O/c17-10-12-19-16-8-4-3-7-15(16)13-18-11-9-14-5-1-2-6-14/h3-5,7-8,18H,1-2,6,9,11-13H2. The summed E-state index contributed by atoms with van der Waals surface area (Å²) in [5.41, 5.74) is 2.69. The normalized spacial score (nSPS) is 13.9. The summed E-state index contributed by atoms with van der Waals surface area (Å²) < 4.78 is 5.40. The van der Waals surface area contributed by atoms with Gasteiger partial charge in [0, 0.05) is 12.1 Å². The molecule has 0 saturated carbocycles. The molecule has 0 unspecified atom stereocenters. The molecule has 3 heteroatoms. The molecule has 1 aliphatic carbocycles. The van der Waals surface area contributed by atoms with Gasteiger partial charge in [-0.15, -0.1) is 0 Å². The van der Waals surface area contributed by atoms with Crippen LogP contribution in [0.25, 0.3) is 0 Å². The molecule has 0 atom stereocenters. The van der Waals surface area contributed by atoms with Gasteiger partial charge in [0.2, 0.25) is 0 Å². The molecule has 1 aliphatic rings. The minimum atomic E-state index is 0.101. The highest BCUT2D eigenvalue weighted by Gasteiger charge is 2.05. The highest BCUT2D eigenvalue weighted by molar-refractivity contribution is 5.33. The lowest BCUT2D eigenvalue weighted by atomic mass is 10.1. The lowest BCUT2D eigenvalue weighted by Crippen LogP contribution is -2.15. The first-order valence-electron chi connectivity index (χ1n) is 6.86. The van der Waals surface area contributed by atoms with Gasteiger partial charge in [-0.1, -0.05) is 29.8 Å². The van der Waals surface area contributed by atoms with Crippen LogP contribution in [0.5, 0.6) is 5.75 Å². The fourth-order valence-electron chi connectivity index (χ4n) is 2.34. The number of nitrogens with one attached hydrogen (secondary N) is 1. The van der Waals surface area contributed by atoms with E-state index in [1.165, 1.54) is 19.3 Å². The summed E-state index contributed by atoms with van der Waals surface area (Å²) in [5, 5.41) is 12.0. The third-order valence-electron chi connectivity index (χ3n) is 3.34. The highest BCUT2D eigenvalue weighted by Crippen LogP contribution is 2.20. The van der Waals surface area contributed by atoms with Crippen molar-refractivity contribution in [3.05, 3.63) is 41.5 Å². The van der Waals surface area contributed by atoms with Crippen LogP contribution < -0.4 is 10.1 Å². The first-order chi connectivity index (χ1) is 9.40. The third-order valence-corrected chi connectivity index (χ3v) is 3.34. The van der Waals surface area contributed by atoms with Gasteiger partial charge in [0.1, 0.15) is 11.8 Å². The summed E-state index contributed by atoms with van der Waals surface area (Å²) in [7, 11) is 0. The van der Waals surface area contributed by atoms with Gasteiger partial charge < -0.3 is 10.1 Å². The van der Waals surface area contributed by atoms with Crippen molar-refractivity contribution in [3.63, 3.8) is 0 Å². The molecule has 1 aromatic rings. The Balaban J connectivity index is 1.77. The summed E-state index contributed by atoms with van der Waals surface area (Å²) in [6.45, 7) is 1.89. The van der Waals surface area contributed by atoms with Crippen molar-refractivity contribution in [2.45, 2.75) is 32.2 Å². The summed E-state index contributed by atoms with van der Waals surface area (Å²) in [6, 6.07) is 9.87. The van der Waals surface area contributed by atoms with E-state index in [1.54, 1.807) is 5.57 Å². The molecule has 0 aliphatic heterocycles. The second kappa shape index (κ2) is 7.60. The lowest BCUT2D eigenvalue weighted by molar-refractivity contribution is 0.362. The van der Waals surface area contributed by atoms with Crippen LogP contribution in [0.15, 0.2) is 35.9 Å². The molecule has 0 heterocycles. The maximum atomic E-state index is 8.56. The van der Waals surface area contributed by atoms with E-state index in [0.717, 1.165) is 30.8 Å². The van der Waals surface area contributed by atoms with Gasteiger partial charge in [0.15, 0.2) is 6.61 Å². The van der Waals surface area contributed by atoms with E-state index in [-0.39, 0.29) is 6.61 Å². The predicted molar refractivity (Wildman–Crippen MR) is 75.8 cm³/mol. The van der Waals surface area contributed by atoms with Crippen LogP contribution in [0.3, 0.4) is 0 Å². The number of ether oxygens (including phenoxy) is 1. The second-order valence-electron chi connectivity index (χ2n) is 4.74. The number of hydrogen-bond acceptors (Lipinski definition) is 3. The van der Waals surface area contributed by atoms with Gasteiger partial charge in [-0.2, -0.15) is 5.26 Å². The van der Waals surface area contributed by atoms with Gasteiger partial charge in [0.05, 0.1) is 0 Å². The first-order valence-corrected chi connectivity index (χ1v) is 6.86. The van der Waals surface area contributed by atoms with Crippen LogP contribution in [0, 0.1) is 11.3 Å². The van der Waals surface area contributed by atoms with Crippen molar-refractivity contribution in [3.8, 4) is 11.8 Å². The number of rotatable bonds is 7. The number of benzene rings is 1. The minimum Gasteiger partial charge on any atom is -0.478 e. The van der Waals surface area contributed by atoms with E-state index < -0.39 is 0 Å². The number of nitriles is 1. The Morgan fingerprint density at radius 3 is 3.00 bits per heavy atom. The van der Waals surface area contributed by atoms with Crippen LogP contribution in [0.2, 0.25) is 0 Å². The van der Waals surface area contributed by atoms with Gasteiger partial charge in [-0.3, -0.25) is 0 Å². The molecule has 0 amide bonds. The number of nitrogens with zero attached hydrogens (tertiary/aromatic N) is 1. The van der Waals surface area contributed by atoms with Crippen molar-refractivity contribution in [2.24, 2.45) is 0 Å². The zero-order chi connectivity index (χ0) is 13.3. The van der Waals surface area contributed by atoms with Crippen molar-refractivity contribution in [1.29, 1.82) is 5.26 Å². The van der Waals surface area contributed by atoms with E-state index in [2.05, 4.69) is 11.4 Å². The van der Waals surface area contributed by atoms with E-state index >= 15 is 0 Å². The molecular formula is C16H20N2O. The fraction of sp³-hybridized carbons (Fsp3) is 0.438. The second-order valence-corrected chi connectivity index (χ2v) is 4.74. The zero-order valence-corrected chi connectivity index (χ0v) is 11.2. The fourth-order valence-corrected chi connectivity index (χ4v) is 2.34. The Labute approximate surface area is 114 Å². The smallest absolute Gasteiger partial charge is 0.174 e. The Kier molecular flexibility index (Phi) is 5.46. The van der Waals surface area contributed by atoms with Gasteiger partial charge >= 0.3 is 0 Å². The molecular weight excluding hydrogens is 236 g/mol. The molecule has 0 saturated heterocycles. The van der Waals surface area contributed by atoms with Crippen LogP contribution in [0.4, 0.5) is 0 Å². The molecule has 19 heavy (non-hydrogen) atoms. The maximum absolute atomic E-state index is 8.56.